The summed E-state index contributed by atoms with van der Waals surface area (Å²) < 4.78 is 0. The maximum absolute atomic E-state index is 12.3. The van der Waals surface area contributed by atoms with E-state index >= 15 is 0 Å². The van der Waals surface area contributed by atoms with Crippen molar-refractivity contribution in [2.45, 2.75) is 38.6 Å². The van der Waals surface area contributed by atoms with Gasteiger partial charge in [-0.3, -0.25) is 14.6 Å². The first-order valence-electron chi connectivity index (χ1n) is 9.68. The molecule has 1 aliphatic rings. The largest absolute Gasteiger partial charge is 0.341 e. The van der Waals surface area contributed by atoms with E-state index < -0.39 is 11.8 Å². The van der Waals surface area contributed by atoms with Gasteiger partial charge in [-0.25, -0.2) is 0 Å². The molecule has 1 atom stereocenters. The molecule has 5 heteroatoms. The summed E-state index contributed by atoms with van der Waals surface area (Å²) in [5.41, 5.74) is 5.20. The van der Waals surface area contributed by atoms with E-state index in [-0.39, 0.29) is 6.04 Å². The number of nitrogens with zero attached hydrogens (tertiary/aromatic N) is 1. The summed E-state index contributed by atoms with van der Waals surface area (Å²) >= 11 is 0. The Morgan fingerprint density at radius 1 is 0.964 bits per heavy atom. The lowest BCUT2D eigenvalue weighted by Crippen LogP contribution is -2.37. The van der Waals surface area contributed by atoms with Crippen LogP contribution in [0.3, 0.4) is 0 Å². The number of hydrogen-bond acceptors (Lipinski definition) is 3. The van der Waals surface area contributed by atoms with Crippen LogP contribution >= 0.6 is 0 Å². The minimum atomic E-state index is -0.673. The molecule has 2 N–H and O–H groups in total. The SMILES string of the molecule is CC(NC(=O)C(=O)Nc1ccc2ncccc2c1)c1ccc2c(c1)CCCC2. The number of aryl methyl sites for hydroxylation is 2. The van der Waals surface area contributed by atoms with Crippen molar-refractivity contribution in [1.82, 2.24) is 10.3 Å². The lowest BCUT2D eigenvalue weighted by Gasteiger charge is -2.20. The lowest BCUT2D eigenvalue weighted by molar-refractivity contribution is -0.136. The van der Waals surface area contributed by atoms with E-state index in [4.69, 9.17) is 0 Å². The number of fused-ring (bicyclic) bond motifs is 2. The molecule has 142 valence electrons. The van der Waals surface area contributed by atoms with Crippen molar-refractivity contribution in [3.05, 3.63) is 71.4 Å². The first kappa shape index (κ1) is 18.2. The van der Waals surface area contributed by atoms with Crippen molar-refractivity contribution in [3.8, 4) is 0 Å². The van der Waals surface area contributed by atoms with Crippen LogP contribution in [0.1, 0.15) is 42.5 Å². The summed E-state index contributed by atoms with van der Waals surface area (Å²) in [6, 6.07) is 15.2. The predicted octanol–water partition coefficient (Wildman–Crippen LogP) is 3.93. The summed E-state index contributed by atoms with van der Waals surface area (Å²) in [5, 5.41) is 6.36. The third-order valence-electron chi connectivity index (χ3n) is 5.29. The third-order valence-corrected chi connectivity index (χ3v) is 5.29. The summed E-state index contributed by atoms with van der Waals surface area (Å²) in [4.78, 5) is 28.9. The Morgan fingerprint density at radius 3 is 2.64 bits per heavy atom. The molecule has 1 unspecified atom stereocenters. The van der Waals surface area contributed by atoms with E-state index in [1.807, 2.05) is 31.2 Å². The van der Waals surface area contributed by atoms with E-state index in [0.29, 0.717) is 5.69 Å². The zero-order valence-corrected chi connectivity index (χ0v) is 15.9. The van der Waals surface area contributed by atoms with Gasteiger partial charge in [0.1, 0.15) is 0 Å². The highest BCUT2D eigenvalue weighted by Crippen LogP contribution is 2.25. The van der Waals surface area contributed by atoms with Gasteiger partial charge >= 0.3 is 11.8 Å². The molecule has 0 spiro atoms. The highest BCUT2D eigenvalue weighted by molar-refractivity contribution is 6.39. The number of nitrogens with one attached hydrogen (secondary N) is 2. The standard InChI is InChI=1S/C23H23N3O2/c1-15(17-9-8-16-5-2-3-6-18(16)13-17)25-22(27)23(28)26-20-10-11-21-19(14-20)7-4-12-24-21/h4,7-15H,2-3,5-6H2,1H3,(H,25,27)(H,26,28). The van der Waals surface area contributed by atoms with E-state index in [1.54, 1.807) is 18.3 Å². The average Bonchev–Trinajstić information content (AvgIpc) is 2.73. The molecular formula is C23H23N3O2. The molecule has 0 bridgehead atoms. The van der Waals surface area contributed by atoms with Crippen molar-refractivity contribution >= 4 is 28.4 Å². The fourth-order valence-corrected chi connectivity index (χ4v) is 3.71. The maximum atomic E-state index is 12.3. The smallest absolute Gasteiger partial charge is 0.313 e. The molecule has 2 amide bonds. The molecule has 0 saturated heterocycles. The highest BCUT2D eigenvalue weighted by atomic mass is 16.2. The zero-order valence-electron chi connectivity index (χ0n) is 15.9. The van der Waals surface area contributed by atoms with E-state index in [2.05, 4.69) is 27.8 Å². The molecule has 1 aromatic heterocycles. The Bertz CT molecular complexity index is 1040. The topological polar surface area (TPSA) is 71.1 Å². The average molecular weight is 373 g/mol. The van der Waals surface area contributed by atoms with Gasteiger partial charge in [0.25, 0.3) is 0 Å². The monoisotopic (exact) mass is 373 g/mol. The van der Waals surface area contributed by atoms with Crippen LogP contribution in [-0.2, 0) is 22.4 Å². The Hall–Kier alpha value is -3.21. The van der Waals surface area contributed by atoms with Crippen molar-refractivity contribution < 1.29 is 9.59 Å². The van der Waals surface area contributed by atoms with Crippen molar-refractivity contribution in [3.63, 3.8) is 0 Å². The molecular weight excluding hydrogens is 350 g/mol. The summed E-state index contributed by atoms with van der Waals surface area (Å²) in [6.45, 7) is 1.90. The van der Waals surface area contributed by atoms with Gasteiger partial charge in [-0.1, -0.05) is 24.3 Å². The molecule has 1 heterocycles. The molecule has 5 nitrogen and oxygen atoms in total. The molecule has 0 aliphatic heterocycles. The molecule has 0 saturated carbocycles. The van der Waals surface area contributed by atoms with Gasteiger partial charge in [-0.2, -0.15) is 0 Å². The zero-order chi connectivity index (χ0) is 19.5. The second-order valence-electron chi connectivity index (χ2n) is 7.30. The number of carbonyl (C=O) groups is 2. The predicted molar refractivity (Wildman–Crippen MR) is 110 cm³/mol. The quantitative estimate of drug-likeness (QED) is 0.684. The number of carbonyl (C=O) groups excluding carboxylic acids is 2. The third kappa shape index (κ3) is 3.88. The minimum absolute atomic E-state index is 0.230. The van der Waals surface area contributed by atoms with Gasteiger partial charge in [-0.15, -0.1) is 0 Å². The van der Waals surface area contributed by atoms with Gasteiger partial charge < -0.3 is 10.6 Å². The van der Waals surface area contributed by atoms with E-state index in [9.17, 15) is 9.59 Å². The summed E-state index contributed by atoms with van der Waals surface area (Å²) in [5.74, 6) is -1.32. The van der Waals surface area contributed by atoms with E-state index in [1.165, 1.54) is 24.0 Å². The Labute approximate surface area is 164 Å². The molecule has 28 heavy (non-hydrogen) atoms. The molecule has 3 aromatic rings. The van der Waals surface area contributed by atoms with Gasteiger partial charge in [0.2, 0.25) is 0 Å². The lowest BCUT2D eigenvalue weighted by atomic mass is 9.89. The molecule has 0 fully saturated rings. The van der Waals surface area contributed by atoms with E-state index in [0.717, 1.165) is 29.3 Å². The van der Waals surface area contributed by atoms with Crippen molar-refractivity contribution in [1.29, 1.82) is 0 Å². The fourth-order valence-electron chi connectivity index (χ4n) is 3.71. The van der Waals surface area contributed by atoms with Gasteiger partial charge in [0, 0.05) is 17.3 Å². The number of anilines is 1. The molecule has 1 aliphatic carbocycles. The minimum Gasteiger partial charge on any atom is -0.341 e. The van der Waals surface area contributed by atoms with Gasteiger partial charge in [0.15, 0.2) is 0 Å². The molecule has 2 aromatic carbocycles. The number of amides is 2. The Kier molecular flexibility index (Phi) is 5.06. The van der Waals surface area contributed by atoms with Gasteiger partial charge in [-0.05, 0) is 73.6 Å². The Balaban J connectivity index is 1.41. The van der Waals surface area contributed by atoms with Crippen LogP contribution in [0, 0.1) is 0 Å². The van der Waals surface area contributed by atoms with Crippen LogP contribution in [0.15, 0.2) is 54.7 Å². The first-order valence-corrected chi connectivity index (χ1v) is 9.68. The summed E-state index contributed by atoms with van der Waals surface area (Å²) in [6.07, 6.45) is 6.38. The number of benzene rings is 2. The van der Waals surface area contributed by atoms with Crippen LogP contribution < -0.4 is 10.6 Å². The van der Waals surface area contributed by atoms with Crippen LogP contribution in [0.4, 0.5) is 5.69 Å². The Morgan fingerprint density at radius 2 is 1.79 bits per heavy atom. The summed E-state index contributed by atoms with van der Waals surface area (Å²) in [7, 11) is 0. The maximum Gasteiger partial charge on any atom is 0.313 e. The highest BCUT2D eigenvalue weighted by Gasteiger charge is 2.19. The fraction of sp³-hybridized carbons (Fsp3) is 0.261. The van der Waals surface area contributed by atoms with Crippen molar-refractivity contribution in [2.75, 3.05) is 5.32 Å². The van der Waals surface area contributed by atoms with Crippen LogP contribution in [0.5, 0.6) is 0 Å². The first-order chi connectivity index (χ1) is 13.6. The second kappa shape index (κ2) is 7.80. The number of pyridine rings is 1. The molecule has 0 radical (unpaired) electrons. The number of aromatic nitrogens is 1. The van der Waals surface area contributed by atoms with Crippen LogP contribution in [0.25, 0.3) is 10.9 Å². The normalized spacial score (nSPS) is 14.2. The number of rotatable bonds is 3. The second-order valence-corrected chi connectivity index (χ2v) is 7.30. The number of hydrogen-bond donors (Lipinski definition) is 2. The van der Waals surface area contributed by atoms with Crippen LogP contribution in [0.2, 0.25) is 0 Å². The molecule has 4 rings (SSSR count). The van der Waals surface area contributed by atoms with Crippen LogP contribution in [-0.4, -0.2) is 16.8 Å². The van der Waals surface area contributed by atoms with Gasteiger partial charge in [0.05, 0.1) is 11.6 Å². The van der Waals surface area contributed by atoms with Crippen molar-refractivity contribution in [2.24, 2.45) is 0 Å².